The number of aliphatic hydroxyl groups is 2. The van der Waals surface area contributed by atoms with E-state index in [-0.39, 0.29) is 12.2 Å². The molecule has 4 aliphatic rings. The van der Waals surface area contributed by atoms with Crippen molar-refractivity contribution in [3.8, 4) is 0 Å². The Bertz CT molecular complexity index is 583. The highest BCUT2D eigenvalue weighted by Gasteiger charge is 2.60. The Hall–Kier alpha value is -0.120. The van der Waals surface area contributed by atoms with Gasteiger partial charge in [0.1, 0.15) is 0 Å². The fourth-order valence-electron chi connectivity index (χ4n) is 8.86. The highest BCUT2D eigenvalue weighted by Crippen LogP contribution is 2.68. The minimum absolute atomic E-state index is 0.0291. The second-order valence-electron chi connectivity index (χ2n) is 12.5. The van der Waals surface area contributed by atoms with E-state index in [4.69, 9.17) is 4.74 Å². The number of fused-ring (bicyclic) bond motifs is 5. The second-order valence-corrected chi connectivity index (χ2v) is 12.5. The number of hydrogen-bond acceptors (Lipinski definition) is 3. The predicted octanol–water partition coefficient (Wildman–Crippen LogP) is 5.57. The van der Waals surface area contributed by atoms with E-state index in [0.717, 1.165) is 49.4 Å². The minimum atomic E-state index is -0.521. The van der Waals surface area contributed by atoms with Gasteiger partial charge in [-0.15, -0.1) is 0 Å². The van der Waals surface area contributed by atoms with Gasteiger partial charge in [-0.2, -0.15) is 0 Å². The molecule has 29 heavy (non-hydrogen) atoms. The van der Waals surface area contributed by atoms with Crippen molar-refractivity contribution in [3.63, 3.8) is 0 Å². The Balaban J connectivity index is 1.48. The van der Waals surface area contributed by atoms with Crippen LogP contribution in [0, 0.1) is 40.4 Å². The van der Waals surface area contributed by atoms with Gasteiger partial charge in [-0.1, -0.05) is 20.3 Å². The maximum absolute atomic E-state index is 10.5. The molecule has 2 N–H and O–H groups in total. The maximum Gasteiger partial charge on any atom is 0.0835 e. The summed E-state index contributed by atoms with van der Waals surface area (Å²) in [6.07, 6.45) is 13.4. The maximum atomic E-state index is 10.5. The van der Waals surface area contributed by atoms with E-state index in [1.165, 1.54) is 44.9 Å². The SMILES string of the molecule is COC1CC2(C)C(CCC3C4CCC(CCCC(C)(C)O)C4(C)CCC32)CC1O. The molecule has 0 saturated heterocycles. The number of rotatable bonds is 5. The summed E-state index contributed by atoms with van der Waals surface area (Å²) in [5, 5.41) is 20.7. The quantitative estimate of drug-likeness (QED) is 0.627. The van der Waals surface area contributed by atoms with Crippen molar-refractivity contribution in [1.29, 1.82) is 0 Å². The summed E-state index contributed by atoms with van der Waals surface area (Å²) >= 11 is 0. The van der Waals surface area contributed by atoms with Crippen LogP contribution in [0.2, 0.25) is 0 Å². The van der Waals surface area contributed by atoms with E-state index >= 15 is 0 Å². The molecule has 9 atom stereocenters. The first-order valence-corrected chi connectivity index (χ1v) is 12.5. The van der Waals surface area contributed by atoms with Gasteiger partial charge in [0.2, 0.25) is 0 Å². The van der Waals surface area contributed by atoms with Crippen LogP contribution in [0.25, 0.3) is 0 Å². The molecule has 0 radical (unpaired) electrons. The molecule has 4 saturated carbocycles. The van der Waals surface area contributed by atoms with Gasteiger partial charge >= 0.3 is 0 Å². The Labute approximate surface area is 179 Å². The molecular weight excluding hydrogens is 360 g/mol. The standard InChI is InChI=1S/C26H46O3/c1-24(2,28)13-6-7-17-9-11-20-19-10-8-18-15-22(27)23(29-5)16-26(18,4)21(19)12-14-25(17,20)3/h17-23,27-28H,6-16H2,1-5H3. The summed E-state index contributed by atoms with van der Waals surface area (Å²) in [5.74, 6) is 4.11. The van der Waals surface area contributed by atoms with Gasteiger partial charge in [0, 0.05) is 7.11 Å². The summed E-state index contributed by atoms with van der Waals surface area (Å²) in [6.45, 7) is 9.06. The van der Waals surface area contributed by atoms with Gasteiger partial charge in [-0.3, -0.25) is 0 Å². The van der Waals surface area contributed by atoms with E-state index in [9.17, 15) is 10.2 Å². The normalized spacial score (nSPS) is 50.0. The Morgan fingerprint density at radius 2 is 1.72 bits per heavy atom. The van der Waals surface area contributed by atoms with E-state index < -0.39 is 5.60 Å². The van der Waals surface area contributed by atoms with Crippen molar-refractivity contribution in [2.75, 3.05) is 7.11 Å². The average molecular weight is 407 g/mol. The molecule has 0 amide bonds. The first-order chi connectivity index (χ1) is 13.6. The van der Waals surface area contributed by atoms with Gasteiger partial charge < -0.3 is 14.9 Å². The van der Waals surface area contributed by atoms with Gasteiger partial charge in [0.25, 0.3) is 0 Å². The van der Waals surface area contributed by atoms with Crippen molar-refractivity contribution >= 4 is 0 Å². The molecule has 0 aromatic carbocycles. The zero-order valence-corrected chi connectivity index (χ0v) is 19.6. The lowest BCUT2D eigenvalue weighted by Gasteiger charge is -2.61. The lowest BCUT2D eigenvalue weighted by atomic mass is 9.44. The molecule has 4 rings (SSSR count). The van der Waals surface area contributed by atoms with Crippen LogP contribution in [0.3, 0.4) is 0 Å². The number of methoxy groups -OCH3 is 1. The highest BCUT2D eigenvalue weighted by molar-refractivity contribution is 5.10. The van der Waals surface area contributed by atoms with Crippen molar-refractivity contribution < 1.29 is 14.9 Å². The Kier molecular flexibility index (Phi) is 5.93. The monoisotopic (exact) mass is 406 g/mol. The van der Waals surface area contributed by atoms with Gasteiger partial charge in [0.05, 0.1) is 17.8 Å². The van der Waals surface area contributed by atoms with Crippen LogP contribution in [-0.2, 0) is 4.74 Å². The molecule has 168 valence electrons. The summed E-state index contributed by atoms with van der Waals surface area (Å²) in [7, 11) is 1.78. The summed E-state index contributed by atoms with van der Waals surface area (Å²) in [6, 6.07) is 0. The lowest BCUT2D eigenvalue weighted by Crippen LogP contribution is -2.56. The van der Waals surface area contributed by atoms with E-state index in [0.29, 0.717) is 16.7 Å². The molecule has 3 nitrogen and oxygen atoms in total. The molecule has 9 unspecified atom stereocenters. The van der Waals surface area contributed by atoms with E-state index in [1.54, 1.807) is 7.11 Å². The van der Waals surface area contributed by atoms with E-state index in [2.05, 4.69) is 13.8 Å². The molecule has 0 aromatic heterocycles. The highest BCUT2D eigenvalue weighted by atomic mass is 16.5. The Morgan fingerprint density at radius 3 is 2.41 bits per heavy atom. The number of ether oxygens (including phenoxy) is 1. The topological polar surface area (TPSA) is 49.7 Å². The van der Waals surface area contributed by atoms with Crippen LogP contribution in [0.5, 0.6) is 0 Å². The van der Waals surface area contributed by atoms with Crippen LogP contribution >= 0.6 is 0 Å². The van der Waals surface area contributed by atoms with Crippen LogP contribution in [-0.4, -0.2) is 35.1 Å². The van der Waals surface area contributed by atoms with Gasteiger partial charge in [-0.25, -0.2) is 0 Å². The fraction of sp³-hybridized carbons (Fsp3) is 1.00. The minimum Gasteiger partial charge on any atom is -0.390 e. The third-order valence-corrected chi connectivity index (χ3v) is 10.5. The zero-order chi connectivity index (χ0) is 21.0. The molecule has 0 aliphatic heterocycles. The Morgan fingerprint density at radius 1 is 1.00 bits per heavy atom. The van der Waals surface area contributed by atoms with Crippen molar-refractivity contribution in [2.24, 2.45) is 40.4 Å². The summed E-state index contributed by atoms with van der Waals surface area (Å²) in [5.41, 5.74) is 0.342. The van der Waals surface area contributed by atoms with Crippen LogP contribution in [0.15, 0.2) is 0 Å². The summed E-state index contributed by atoms with van der Waals surface area (Å²) < 4.78 is 5.72. The first-order valence-electron chi connectivity index (χ1n) is 12.5. The largest absolute Gasteiger partial charge is 0.390 e. The molecule has 0 bridgehead atoms. The zero-order valence-electron chi connectivity index (χ0n) is 19.6. The fourth-order valence-corrected chi connectivity index (χ4v) is 8.86. The molecule has 0 aromatic rings. The van der Waals surface area contributed by atoms with Crippen molar-refractivity contribution in [1.82, 2.24) is 0 Å². The number of aliphatic hydroxyl groups excluding tert-OH is 1. The molecular formula is C26H46O3. The molecule has 0 heterocycles. The first kappa shape index (κ1) is 22.1. The van der Waals surface area contributed by atoms with Gasteiger partial charge in [-0.05, 0) is 118 Å². The smallest absolute Gasteiger partial charge is 0.0835 e. The third kappa shape index (κ3) is 3.82. The van der Waals surface area contributed by atoms with Crippen LogP contribution in [0.1, 0.15) is 98.3 Å². The summed E-state index contributed by atoms with van der Waals surface area (Å²) in [4.78, 5) is 0. The second kappa shape index (κ2) is 7.78. The number of hydrogen-bond donors (Lipinski definition) is 2. The van der Waals surface area contributed by atoms with Crippen molar-refractivity contribution in [2.45, 2.75) is 116 Å². The predicted molar refractivity (Wildman–Crippen MR) is 118 cm³/mol. The van der Waals surface area contributed by atoms with Gasteiger partial charge in [0.15, 0.2) is 0 Å². The molecule has 4 fully saturated rings. The average Bonchev–Trinajstić information content (AvgIpc) is 2.97. The molecule has 3 heteroatoms. The molecule has 4 aliphatic carbocycles. The van der Waals surface area contributed by atoms with E-state index in [1.807, 2.05) is 13.8 Å². The lowest BCUT2D eigenvalue weighted by molar-refractivity contribution is -0.166. The van der Waals surface area contributed by atoms with Crippen molar-refractivity contribution in [3.05, 3.63) is 0 Å². The third-order valence-electron chi connectivity index (χ3n) is 10.5. The molecule has 0 spiro atoms. The van der Waals surface area contributed by atoms with Crippen LogP contribution in [0.4, 0.5) is 0 Å². The van der Waals surface area contributed by atoms with Crippen LogP contribution < -0.4 is 0 Å².